The minimum atomic E-state index is -4.88. The number of hydrogen-bond acceptors (Lipinski definition) is 6. The summed E-state index contributed by atoms with van der Waals surface area (Å²) in [7, 11) is -1.50. The molecular weight excluding hydrogens is 449 g/mol. The van der Waals surface area contributed by atoms with Gasteiger partial charge < -0.3 is 19.5 Å². The number of hydrogen-bond donors (Lipinski definition) is 2. The molecule has 0 amide bonds. The number of sulfonamides is 1. The number of rotatable bonds is 8. The second-order valence-corrected chi connectivity index (χ2v) is 9.01. The summed E-state index contributed by atoms with van der Waals surface area (Å²) in [5.41, 5.74) is -0.797. The maximum atomic E-state index is 13.7. The van der Waals surface area contributed by atoms with Crippen molar-refractivity contribution in [2.75, 3.05) is 32.7 Å². The maximum Gasteiger partial charge on any atom is 0.417 e. The van der Waals surface area contributed by atoms with E-state index in [2.05, 4.69) is 10.0 Å². The van der Waals surface area contributed by atoms with Crippen LogP contribution in [0.4, 0.5) is 24.5 Å². The molecule has 0 radical (unpaired) electrons. The number of alkyl halides is 3. The van der Waals surface area contributed by atoms with Crippen LogP contribution in [-0.2, 0) is 20.9 Å². The Hall–Kier alpha value is -2.50. The van der Waals surface area contributed by atoms with Gasteiger partial charge in [-0.25, -0.2) is 13.1 Å². The van der Waals surface area contributed by atoms with Gasteiger partial charge in [0.2, 0.25) is 10.0 Å². The van der Waals surface area contributed by atoms with E-state index < -0.39 is 26.7 Å². The quantitative estimate of drug-likeness (QED) is 0.593. The summed E-state index contributed by atoms with van der Waals surface area (Å²) in [6, 6.07) is 7.74. The molecule has 0 spiro atoms. The molecule has 1 atom stereocenters. The molecule has 11 heteroatoms. The molecule has 1 aliphatic heterocycles. The van der Waals surface area contributed by atoms with Crippen LogP contribution >= 0.6 is 0 Å². The second kappa shape index (κ2) is 9.97. The Labute approximate surface area is 184 Å². The van der Waals surface area contributed by atoms with Gasteiger partial charge in [-0.05, 0) is 37.5 Å². The first-order valence-corrected chi connectivity index (χ1v) is 11.4. The first-order valence-electron chi connectivity index (χ1n) is 9.95. The zero-order valence-electron chi connectivity index (χ0n) is 17.7. The van der Waals surface area contributed by atoms with Crippen molar-refractivity contribution >= 4 is 21.4 Å². The summed E-state index contributed by atoms with van der Waals surface area (Å²) in [5.74, 6) is 0.882. The lowest BCUT2D eigenvalue weighted by Gasteiger charge is -2.23. The molecule has 3 rings (SSSR count). The molecule has 1 unspecified atom stereocenters. The van der Waals surface area contributed by atoms with Crippen molar-refractivity contribution in [3.63, 3.8) is 0 Å². The third-order valence-electron chi connectivity index (χ3n) is 4.99. The molecule has 1 heterocycles. The SMILES string of the molecule is COc1cc(Nc2ccc(S(=O)(=O)NCC3CCCCO3)c(C(F)(F)F)c2)cc(OC)c1. The number of benzene rings is 2. The van der Waals surface area contributed by atoms with Gasteiger partial charge in [0.05, 0.1) is 30.8 Å². The molecule has 0 bridgehead atoms. The normalized spacial score (nSPS) is 17.1. The van der Waals surface area contributed by atoms with E-state index in [1.165, 1.54) is 20.3 Å². The van der Waals surface area contributed by atoms with Gasteiger partial charge in [-0.1, -0.05) is 0 Å². The van der Waals surface area contributed by atoms with Gasteiger partial charge in [-0.2, -0.15) is 13.2 Å². The fourth-order valence-electron chi connectivity index (χ4n) is 3.36. The van der Waals surface area contributed by atoms with E-state index in [1.54, 1.807) is 18.2 Å². The van der Waals surface area contributed by atoms with Crippen LogP contribution in [-0.4, -0.2) is 41.9 Å². The Kier molecular flexibility index (Phi) is 7.52. The predicted molar refractivity (Wildman–Crippen MR) is 113 cm³/mol. The smallest absolute Gasteiger partial charge is 0.417 e. The van der Waals surface area contributed by atoms with Gasteiger partial charge in [-0.15, -0.1) is 0 Å². The highest BCUT2D eigenvalue weighted by Gasteiger charge is 2.37. The summed E-state index contributed by atoms with van der Waals surface area (Å²) in [6.45, 7) is 0.429. The summed E-state index contributed by atoms with van der Waals surface area (Å²) < 4.78 is 84.6. The molecular formula is C21H25F3N2O5S. The summed E-state index contributed by atoms with van der Waals surface area (Å²) in [5, 5.41) is 2.83. The Morgan fingerprint density at radius 1 is 1.03 bits per heavy atom. The van der Waals surface area contributed by atoms with E-state index in [0.29, 0.717) is 30.2 Å². The zero-order valence-corrected chi connectivity index (χ0v) is 18.5. The third-order valence-corrected chi connectivity index (χ3v) is 6.47. The van der Waals surface area contributed by atoms with Crippen molar-refractivity contribution in [1.29, 1.82) is 0 Å². The van der Waals surface area contributed by atoms with Gasteiger partial charge in [0.25, 0.3) is 0 Å². The number of nitrogens with one attached hydrogen (secondary N) is 2. The fourth-order valence-corrected chi connectivity index (χ4v) is 4.63. The highest BCUT2D eigenvalue weighted by Crippen LogP contribution is 2.37. The lowest BCUT2D eigenvalue weighted by molar-refractivity contribution is -0.139. The molecule has 0 saturated carbocycles. The van der Waals surface area contributed by atoms with Crippen LogP contribution in [0.3, 0.4) is 0 Å². The largest absolute Gasteiger partial charge is 0.497 e. The van der Waals surface area contributed by atoms with Gasteiger partial charge in [0.15, 0.2) is 0 Å². The maximum absolute atomic E-state index is 13.7. The van der Waals surface area contributed by atoms with E-state index in [-0.39, 0.29) is 18.3 Å². The molecule has 2 N–H and O–H groups in total. The minimum Gasteiger partial charge on any atom is -0.497 e. The average Bonchev–Trinajstić information content (AvgIpc) is 2.77. The number of methoxy groups -OCH3 is 2. The number of halogens is 3. The minimum absolute atomic E-state index is 0.0576. The molecule has 2 aromatic rings. The Bertz CT molecular complexity index is 1020. The monoisotopic (exact) mass is 474 g/mol. The third kappa shape index (κ3) is 6.05. The number of ether oxygens (including phenoxy) is 3. The van der Waals surface area contributed by atoms with E-state index in [4.69, 9.17) is 14.2 Å². The van der Waals surface area contributed by atoms with Crippen molar-refractivity contribution < 1.29 is 35.8 Å². The van der Waals surface area contributed by atoms with Crippen LogP contribution in [0.5, 0.6) is 11.5 Å². The average molecular weight is 475 g/mol. The fraction of sp³-hybridized carbons (Fsp3) is 0.429. The van der Waals surface area contributed by atoms with Crippen LogP contribution < -0.4 is 19.5 Å². The van der Waals surface area contributed by atoms with E-state index in [0.717, 1.165) is 25.0 Å². The second-order valence-electron chi connectivity index (χ2n) is 7.28. The van der Waals surface area contributed by atoms with Gasteiger partial charge in [-0.3, -0.25) is 0 Å². The lowest BCUT2D eigenvalue weighted by Crippen LogP contribution is -2.36. The molecule has 1 fully saturated rings. The zero-order chi connectivity index (χ0) is 23.4. The first kappa shape index (κ1) is 24.1. The highest BCUT2D eigenvalue weighted by molar-refractivity contribution is 7.89. The van der Waals surface area contributed by atoms with Crippen molar-refractivity contribution in [2.45, 2.75) is 36.4 Å². The van der Waals surface area contributed by atoms with Crippen LogP contribution in [0.1, 0.15) is 24.8 Å². The molecule has 1 aliphatic rings. The molecule has 0 aromatic heterocycles. The molecule has 32 heavy (non-hydrogen) atoms. The molecule has 7 nitrogen and oxygen atoms in total. The Balaban J connectivity index is 1.87. The van der Waals surface area contributed by atoms with Crippen LogP contribution in [0.25, 0.3) is 0 Å². The first-order chi connectivity index (χ1) is 15.1. The molecule has 2 aromatic carbocycles. The van der Waals surface area contributed by atoms with Crippen molar-refractivity contribution in [3.05, 3.63) is 42.0 Å². The van der Waals surface area contributed by atoms with Crippen molar-refractivity contribution in [1.82, 2.24) is 4.72 Å². The summed E-state index contributed by atoms with van der Waals surface area (Å²) in [4.78, 5) is -0.838. The Morgan fingerprint density at radius 3 is 2.28 bits per heavy atom. The summed E-state index contributed by atoms with van der Waals surface area (Å²) in [6.07, 6.45) is -2.81. The molecule has 1 saturated heterocycles. The van der Waals surface area contributed by atoms with Crippen molar-refractivity contribution in [3.8, 4) is 11.5 Å². The van der Waals surface area contributed by atoms with Gasteiger partial charge in [0.1, 0.15) is 11.5 Å². The van der Waals surface area contributed by atoms with Gasteiger partial charge >= 0.3 is 6.18 Å². The topological polar surface area (TPSA) is 85.9 Å². The van der Waals surface area contributed by atoms with Crippen LogP contribution in [0, 0.1) is 0 Å². The Morgan fingerprint density at radius 2 is 1.72 bits per heavy atom. The van der Waals surface area contributed by atoms with E-state index in [1.807, 2.05) is 0 Å². The molecule has 0 aliphatic carbocycles. The number of anilines is 2. The van der Waals surface area contributed by atoms with Gasteiger partial charge in [0, 0.05) is 42.7 Å². The lowest BCUT2D eigenvalue weighted by atomic mass is 10.1. The standard InChI is InChI=1S/C21H25F3N2O5S/c1-29-17-9-15(10-18(12-17)30-2)26-14-6-7-20(19(11-14)21(22,23)24)32(27,28)25-13-16-5-3-4-8-31-16/h6-7,9-12,16,25-26H,3-5,8,13H2,1-2H3. The predicted octanol–water partition coefficient (Wildman–Crippen LogP) is 4.31. The summed E-state index contributed by atoms with van der Waals surface area (Å²) >= 11 is 0. The van der Waals surface area contributed by atoms with E-state index in [9.17, 15) is 21.6 Å². The van der Waals surface area contributed by atoms with Crippen LogP contribution in [0.2, 0.25) is 0 Å². The van der Waals surface area contributed by atoms with Crippen LogP contribution in [0.15, 0.2) is 41.3 Å². The van der Waals surface area contributed by atoms with Crippen molar-refractivity contribution in [2.24, 2.45) is 0 Å². The van der Waals surface area contributed by atoms with E-state index >= 15 is 0 Å². The highest BCUT2D eigenvalue weighted by atomic mass is 32.2. The molecule has 176 valence electrons.